The lowest BCUT2D eigenvalue weighted by molar-refractivity contribution is 0.172. The lowest BCUT2D eigenvalue weighted by Gasteiger charge is -2.41. The number of unbranched alkanes of at least 4 members (excludes halogenated alkanes) is 1. The highest BCUT2D eigenvalue weighted by Gasteiger charge is 2.52. The van der Waals surface area contributed by atoms with Crippen LogP contribution in [0, 0.1) is 11.3 Å². The van der Waals surface area contributed by atoms with Gasteiger partial charge in [-0.15, -0.1) is 0 Å². The molecule has 5 unspecified atom stereocenters. The Bertz CT molecular complexity index is 1440. The van der Waals surface area contributed by atoms with E-state index >= 15 is 0 Å². The van der Waals surface area contributed by atoms with Crippen LogP contribution in [0.4, 0.5) is 0 Å². The number of aliphatic hydroxyl groups excluding tert-OH is 2. The first kappa shape index (κ1) is 31.0. The van der Waals surface area contributed by atoms with Crippen LogP contribution in [0.3, 0.4) is 0 Å². The van der Waals surface area contributed by atoms with Crippen LogP contribution in [0.25, 0.3) is 0 Å². The smallest absolute Gasteiger partial charge is 0.161 e. The number of aromatic amines is 1. The standard InChI is InChI=1S/C37H50N2O5/c1-3-4-7-34-27(23-40)19-30(44-34)10-8-25-9-11-33(42)35(17-25)43-16-13-29-20-31-32(22-38-21-24(2)41)37-14-5-6-28(37)18-26(12-15-37)36(31)39-29/h9,11-12,15,17,19-20,24,26,28,32,38-42H,3-8,10,13-14,16,18,21-23H2,1-2H3. The number of phenolic OH excluding ortho intramolecular Hbond substituents is 1. The summed E-state index contributed by atoms with van der Waals surface area (Å²) < 4.78 is 12.2. The van der Waals surface area contributed by atoms with Gasteiger partial charge in [0.25, 0.3) is 0 Å². The van der Waals surface area contributed by atoms with E-state index in [0.29, 0.717) is 30.7 Å². The van der Waals surface area contributed by atoms with Crippen LogP contribution in [0.1, 0.15) is 104 Å². The molecule has 2 aromatic heterocycles. The van der Waals surface area contributed by atoms with Crippen molar-refractivity contribution >= 4 is 0 Å². The molecule has 1 fully saturated rings. The Morgan fingerprint density at radius 1 is 1.16 bits per heavy atom. The van der Waals surface area contributed by atoms with Gasteiger partial charge >= 0.3 is 0 Å². The zero-order chi connectivity index (χ0) is 30.7. The van der Waals surface area contributed by atoms with Gasteiger partial charge in [-0.1, -0.05) is 38.0 Å². The summed E-state index contributed by atoms with van der Waals surface area (Å²) in [6, 6.07) is 9.91. The van der Waals surface area contributed by atoms with Gasteiger partial charge in [-0.25, -0.2) is 0 Å². The Kier molecular flexibility index (Phi) is 9.55. The van der Waals surface area contributed by atoms with Gasteiger partial charge < -0.3 is 34.8 Å². The molecule has 0 aliphatic heterocycles. The van der Waals surface area contributed by atoms with E-state index in [4.69, 9.17) is 9.15 Å². The van der Waals surface area contributed by atoms with Crippen molar-refractivity contribution in [1.82, 2.24) is 10.3 Å². The van der Waals surface area contributed by atoms with Crippen LogP contribution < -0.4 is 10.1 Å². The number of hydrogen-bond acceptors (Lipinski definition) is 6. The van der Waals surface area contributed by atoms with Crippen molar-refractivity contribution < 1.29 is 24.5 Å². The number of ether oxygens (including phenoxy) is 1. The molecule has 4 aliphatic carbocycles. The van der Waals surface area contributed by atoms with Crippen LogP contribution >= 0.6 is 0 Å². The highest BCUT2D eigenvalue weighted by molar-refractivity contribution is 5.44. The van der Waals surface area contributed by atoms with Gasteiger partial charge in [0.1, 0.15) is 11.5 Å². The zero-order valence-electron chi connectivity index (χ0n) is 26.4. The normalized spacial score (nSPS) is 24.3. The summed E-state index contributed by atoms with van der Waals surface area (Å²) in [7, 11) is 0. The molecule has 1 aromatic carbocycles. The van der Waals surface area contributed by atoms with E-state index in [9.17, 15) is 15.3 Å². The molecule has 2 bridgehead atoms. The number of benzene rings is 1. The Morgan fingerprint density at radius 3 is 2.86 bits per heavy atom. The zero-order valence-corrected chi connectivity index (χ0v) is 26.4. The van der Waals surface area contributed by atoms with Gasteiger partial charge in [0.15, 0.2) is 11.5 Å². The molecule has 7 rings (SSSR count). The van der Waals surface area contributed by atoms with Crippen LogP contribution in [-0.2, 0) is 32.3 Å². The number of aromatic nitrogens is 1. The minimum atomic E-state index is -0.356. The number of H-pyrrole nitrogens is 1. The lowest BCUT2D eigenvalue weighted by Crippen LogP contribution is -2.39. The maximum absolute atomic E-state index is 10.5. The molecule has 5 atom stereocenters. The van der Waals surface area contributed by atoms with Crippen molar-refractivity contribution in [1.29, 1.82) is 0 Å². The lowest BCUT2D eigenvalue weighted by atomic mass is 9.64. The van der Waals surface area contributed by atoms with Crippen molar-refractivity contribution in [2.45, 2.75) is 103 Å². The molecule has 44 heavy (non-hydrogen) atoms. The van der Waals surface area contributed by atoms with E-state index in [0.717, 1.165) is 73.6 Å². The van der Waals surface area contributed by atoms with Crippen LogP contribution in [-0.4, -0.2) is 46.1 Å². The topological polar surface area (TPSA) is 111 Å². The summed E-state index contributed by atoms with van der Waals surface area (Å²) in [5, 5.41) is 33.7. The van der Waals surface area contributed by atoms with Crippen molar-refractivity contribution in [3.63, 3.8) is 0 Å². The average molecular weight is 603 g/mol. The molecule has 4 aliphatic rings. The largest absolute Gasteiger partial charge is 0.504 e. The Hall–Kier alpha value is -3.00. The molecule has 1 saturated carbocycles. The highest BCUT2D eigenvalue weighted by Crippen LogP contribution is 2.62. The number of allylic oxidation sites excluding steroid dienone is 2. The van der Waals surface area contributed by atoms with Crippen molar-refractivity contribution in [2.75, 3.05) is 19.7 Å². The van der Waals surface area contributed by atoms with Crippen molar-refractivity contribution in [3.05, 3.63) is 82.1 Å². The predicted molar refractivity (Wildman–Crippen MR) is 172 cm³/mol. The molecular formula is C37H50N2O5. The second-order valence-electron chi connectivity index (χ2n) is 13.4. The number of aromatic hydroxyl groups is 1. The van der Waals surface area contributed by atoms with E-state index < -0.39 is 0 Å². The number of nitrogens with one attached hydrogen (secondary N) is 2. The fraction of sp³-hybridized carbons (Fsp3) is 0.568. The molecule has 2 heterocycles. The van der Waals surface area contributed by atoms with Gasteiger partial charge in [0, 0.05) is 61.1 Å². The van der Waals surface area contributed by atoms with Gasteiger partial charge in [-0.2, -0.15) is 0 Å². The van der Waals surface area contributed by atoms with E-state index in [2.05, 4.69) is 35.4 Å². The fourth-order valence-electron chi connectivity index (χ4n) is 8.16. The number of aryl methyl sites for hydroxylation is 3. The first-order chi connectivity index (χ1) is 21.4. The quantitative estimate of drug-likeness (QED) is 0.128. The second kappa shape index (κ2) is 13.6. The van der Waals surface area contributed by atoms with Gasteiger partial charge in [-0.3, -0.25) is 0 Å². The number of hydrogen-bond donors (Lipinski definition) is 5. The van der Waals surface area contributed by atoms with Crippen LogP contribution in [0.5, 0.6) is 11.5 Å². The summed E-state index contributed by atoms with van der Waals surface area (Å²) >= 11 is 0. The summed E-state index contributed by atoms with van der Waals surface area (Å²) in [6.45, 7) is 5.95. The molecule has 5 N–H and O–H groups in total. The highest BCUT2D eigenvalue weighted by atomic mass is 16.5. The van der Waals surface area contributed by atoms with Crippen molar-refractivity contribution in [3.8, 4) is 11.5 Å². The Labute approximate surface area is 261 Å². The molecule has 3 aromatic rings. The first-order valence-corrected chi connectivity index (χ1v) is 16.9. The monoisotopic (exact) mass is 602 g/mol. The molecule has 238 valence electrons. The Balaban J connectivity index is 1.10. The third-order valence-electron chi connectivity index (χ3n) is 10.4. The minimum Gasteiger partial charge on any atom is -0.504 e. The molecule has 7 heteroatoms. The van der Waals surface area contributed by atoms with E-state index in [1.807, 2.05) is 25.1 Å². The number of aliphatic hydroxyl groups is 2. The second-order valence-corrected chi connectivity index (χ2v) is 13.4. The molecule has 0 amide bonds. The summed E-state index contributed by atoms with van der Waals surface area (Å²) in [5.41, 5.74) is 6.14. The van der Waals surface area contributed by atoms with Gasteiger partial charge in [-0.05, 0) is 85.8 Å². The van der Waals surface area contributed by atoms with E-state index in [1.54, 1.807) is 6.07 Å². The molecule has 0 radical (unpaired) electrons. The number of rotatable bonds is 15. The maximum Gasteiger partial charge on any atom is 0.161 e. The van der Waals surface area contributed by atoms with E-state index in [-0.39, 0.29) is 23.9 Å². The number of furan rings is 1. The van der Waals surface area contributed by atoms with E-state index in [1.165, 1.54) is 42.6 Å². The Morgan fingerprint density at radius 2 is 2.05 bits per heavy atom. The molecule has 0 saturated heterocycles. The first-order valence-electron chi connectivity index (χ1n) is 16.9. The van der Waals surface area contributed by atoms with Gasteiger partial charge in [0.05, 0.1) is 19.3 Å². The number of phenols is 1. The summed E-state index contributed by atoms with van der Waals surface area (Å²) in [6.07, 6.45) is 14.9. The average Bonchev–Trinajstić information content (AvgIpc) is 3.72. The molecule has 7 nitrogen and oxygen atoms in total. The molecule has 1 spiro atoms. The summed E-state index contributed by atoms with van der Waals surface area (Å²) in [5.74, 6) is 3.99. The van der Waals surface area contributed by atoms with Crippen LogP contribution in [0.15, 0.2) is 46.9 Å². The summed E-state index contributed by atoms with van der Waals surface area (Å²) in [4.78, 5) is 3.79. The van der Waals surface area contributed by atoms with Crippen LogP contribution in [0.2, 0.25) is 0 Å². The molecular weight excluding hydrogens is 552 g/mol. The SMILES string of the molecule is CCCCc1oc(CCc2ccc(O)c(OCCc3cc4c([nH]3)C3C=CC5(CCCC5C3)C4CNCC(C)O)c2)cc1CO. The third-order valence-corrected chi connectivity index (χ3v) is 10.4. The third kappa shape index (κ3) is 6.37. The van der Waals surface area contributed by atoms with Crippen molar-refractivity contribution in [2.24, 2.45) is 11.3 Å². The minimum absolute atomic E-state index is 0.00280. The van der Waals surface area contributed by atoms with Gasteiger partial charge in [0.2, 0.25) is 0 Å². The maximum atomic E-state index is 10.5. The fourth-order valence-corrected chi connectivity index (χ4v) is 8.16. The predicted octanol–water partition coefficient (Wildman–Crippen LogP) is 6.45.